The summed E-state index contributed by atoms with van der Waals surface area (Å²) in [6.45, 7) is 0.741. The highest BCUT2D eigenvalue weighted by Crippen LogP contribution is 2.28. The first-order valence-electron chi connectivity index (χ1n) is 8.06. The van der Waals surface area contributed by atoms with Crippen molar-refractivity contribution in [1.82, 2.24) is 9.97 Å². The molecule has 0 saturated carbocycles. The number of hydrogen-bond donors (Lipinski definition) is 2. The summed E-state index contributed by atoms with van der Waals surface area (Å²) < 4.78 is 5.15. The van der Waals surface area contributed by atoms with Crippen molar-refractivity contribution in [2.24, 2.45) is 0 Å². The summed E-state index contributed by atoms with van der Waals surface area (Å²) in [4.78, 5) is 8.69. The second-order valence-corrected chi connectivity index (χ2v) is 6.39. The van der Waals surface area contributed by atoms with Gasteiger partial charge in [0.1, 0.15) is 11.6 Å². The molecule has 5 nitrogen and oxygen atoms in total. The van der Waals surface area contributed by atoms with Gasteiger partial charge >= 0.3 is 0 Å². The number of halogens is 2. The fraction of sp³-hybridized carbons (Fsp3) is 0.158. The number of aromatic nitrogens is 2. The number of methoxy groups -OCH3 is 1. The van der Waals surface area contributed by atoms with Gasteiger partial charge in [-0.1, -0.05) is 35.3 Å². The van der Waals surface area contributed by atoms with Crippen molar-refractivity contribution in [2.75, 3.05) is 24.3 Å². The molecular weight excluding hydrogens is 371 g/mol. The number of benzene rings is 2. The van der Waals surface area contributed by atoms with Gasteiger partial charge in [-0.2, -0.15) is 4.98 Å². The Balaban J connectivity index is 1.60. The first kappa shape index (κ1) is 18.3. The minimum Gasteiger partial charge on any atom is -0.495 e. The van der Waals surface area contributed by atoms with Crippen LogP contribution in [0.15, 0.2) is 54.7 Å². The minimum atomic E-state index is 0.485. The zero-order valence-electron chi connectivity index (χ0n) is 14.2. The van der Waals surface area contributed by atoms with Crippen LogP contribution < -0.4 is 15.4 Å². The number of ether oxygens (including phenoxy) is 1. The van der Waals surface area contributed by atoms with E-state index in [-0.39, 0.29) is 0 Å². The van der Waals surface area contributed by atoms with Gasteiger partial charge < -0.3 is 15.4 Å². The van der Waals surface area contributed by atoms with Crippen molar-refractivity contribution in [3.8, 4) is 5.75 Å². The third kappa shape index (κ3) is 5.00. The Morgan fingerprint density at radius 1 is 1.08 bits per heavy atom. The smallest absolute Gasteiger partial charge is 0.229 e. The van der Waals surface area contributed by atoms with E-state index in [1.54, 1.807) is 25.4 Å². The third-order valence-corrected chi connectivity index (χ3v) is 4.20. The lowest BCUT2D eigenvalue weighted by Gasteiger charge is -2.10. The summed E-state index contributed by atoms with van der Waals surface area (Å²) in [5.74, 6) is 1.85. The van der Waals surface area contributed by atoms with E-state index in [0.717, 1.165) is 29.5 Å². The van der Waals surface area contributed by atoms with E-state index in [0.29, 0.717) is 16.7 Å². The molecule has 0 fully saturated rings. The van der Waals surface area contributed by atoms with E-state index in [4.69, 9.17) is 27.9 Å². The molecule has 0 aliphatic heterocycles. The number of nitrogens with zero attached hydrogens (tertiary/aromatic N) is 2. The van der Waals surface area contributed by atoms with Crippen LogP contribution in [-0.2, 0) is 6.42 Å². The van der Waals surface area contributed by atoms with E-state index >= 15 is 0 Å². The number of nitrogens with one attached hydrogen (secondary N) is 2. The van der Waals surface area contributed by atoms with Crippen molar-refractivity contribution in [2.45, 2.75) is 6.42 Å². The normalized spacial score (nSPS) is 10.4. The molecule has 0 aliphatic carbocycles. The highest BCUT2D eigenvalue weighted by atomic mass is 35.5. The second kappa shape index (κ2) is 8.74. The Hall–Kier alpha value is -2.50. The molecule has 0 atom stereocenters. The maximum Gasteiger partial charge on any atom is 0.229 e. The largest absolute Gasteiger partial charge is 0.495 e. The van der Waals surface area contributed by atoms with Crippen LogP contribution in [0.25, 0.3) is 0 Å². The summed E-state index contributed by atoms with van der Waals surface area (Å²) in [7, 11) is 1.58. The molecule has 134 valence electrons. The van der Waals surface area contributed by atoms with Crippen molar-refractivity contribution >= 4 is 40.7 Å². The first-order chi connectivity index (χ1) is 12.6. The number of anilines is 3. The van der Waals surface area contributed by atoms with Crippen LogP contribution in [0.4, 0.5) is 17.5 Å². The monoisotopic (exact) mass is 388 g/mol. The molecule has 0 amide bonds. The van der Waals surface area contributed by atoms with Crippen LogP contribution in [0.3, 0.4) is 0 Å². The van der Waals surface area contributed by atoms with Crippen molar-refractivity contribution in [3.63, 3.8) is 0 Å². The molecule has 0 aliphatic rings. The predicted molar refractivity (Wildman–Crippen MR) is 107 cm³/mol. The van der Waals surface area contributed by atoms with Gasteiger partial charge in [-0.25, -0.2) is 4.98 Å². The van der Waals surface area contributed by atoms with Gasteiger partial charge in [0.25, 0.3) is 0 Å². The van der Waals surface area contributed by atoms with Gasteiger partial charge in [0, 0.05) is 23.5 Å². The number of rotatable bonds is 7. The van der Waals surface area contributed by atoms with Crippen LogP contribution in [0.1, 0.15) is 5.56 Å². The summed E-state index contributed by atoms with van der Waals surface area (Å²) in [6, 6.07) is 15.1. The molecule has 26 heavy (non-hydrogen) atoms. The zero-order valence-corrected chi connectivity index (χ0v) is 15.7. The summed E-state index contributed by atoms with van der Waals surface area (Å²) in [5.41, 5.74) is 1.96. The molecule has 1 aromatic heterocycles. The van der Waals surface area contributed by atoms with Crippen molar-refractivity contribution in [1.29, 1.82) is 0 Å². The van der Waals surface area contributed by atoms with Gasteiger partial charge in [-0.3, -0.25) is 0 Å². The molecule has 0 radical (unpaired) electrons. The van der Waals surface area contributed by atoms with Crippen LogP contribution in [-0.4, -0.2) is 23.6 Å². The van der Waals surface area contributed by atoms with E-state index < -0.39 is 0 Å². The fourth-order valence-corrected chi connectivity index (χ4v) is 2.89. The zero-order chi connectivity index (χ0) is 18.4. The van der Waals surface area contributed by atoms with Gasteiger partial charge in [-0.05, 0) is 48.4 Å². The topological polar surface area (TPSA) is 59.1 Å². The molecule has 2 N–H and O–H groups in total. The minimum absolute atomic E-state index is 0.485. The van der Waals surface area contributed by atoms with Crippen LogP contribution in [0, 0.1) is 0 Å². The average molecular weight is 389 g/mol. The SMILES string of the molecule is COc1ccc(Nc2nccc(NCCc3cccc(Cl)c3)n2)cc1Cl. The standard InChI is InChI=1S/C19H18Cl2N4O/c1-26-17-6-5-15(12-16(17)21)24-19-23-10-8-18(25-19)22-9-7-13-3-2-4-14(20)11-13/h2-6,8,10-12H,7,9H2,1H3,(H2,22,23,24,25). The Morgan fingerprint density at radius 3 is 2.73 bits per heavy atom. The predicted octanol–water partition coefficient (Wildman–Crippen LogP) is 5.19. The van der Waals surface area contributed by atoms with Crippen molar-refractivity contribution < 1.29 is 4.74 Å². The third-order valence-electron chi connectivity index (χ3n) is 3.67. The fourth-order valence-electron chi connectivity index (χ4n) is 2.42. The Bertz CT molecular complexity index is 889. The molecule has 0 spiro atoms. The molecule has 7 heteroatoms. The Morgan fingerprint density at radius 2 is 1.96 bits per heavy atom. The number of hydrogen-bond acceptors (Lipinski definition) is 5. The molecule has 0 saturated heterocycles. The van der Waals surface area contributed by atoms with Crippen LogP contribution >= 0.6 is 23.2 Å². The van der Waals surface area contributed by atoms with E-state index in [2.05, 4.69) is 20.6 Å². The van der Waals surface area contributed by atoms with E-state index in [9.17, 15) is 0 Å². The van der Waals surface area contributed by atoms with Crippen LogP contribution in [0.2, 0.25) is 10.0 Å². The molecule has 1 heterocycles. The van der Waals surface area contributed by atoms with Gasteiger partial charge in [0.15, 0.2) is 0 Å². The van der Waals surface area contributed by atoms with Crippen molar-refractivity contribution in [3.05, 3.63) is 70.3 Å². The van der Waals surface area contributed by atoms with Gasteiger partial charge in [0.2, 0.25) is 5.95 Å². The Labute approximate surface area is 162 Å². The lowest BCUT2D eigenvalue weighted by atomic mass is 10.1. The molecular formula is C19H18Cl2N4O. The lowest BCUT2D eigenvalue weighted by molar-refractivity contribution is 0.415. The summed E-state index contributed by atoms with van der Waals surface area (Å²) >= 11 is 12.1. The second-order valence-electron chi connectivity index (χ2n) is 5.55. The highest BCUT2D eigenvalue weighted by Gasteiger charge is 2.04. The average Bonchev–Trinajstić information content (AvgIpc) is 2.62. The molecule has 0 bridgehead atoms. The van der Waals surface area contributed by atoms with Crippen LogP contribution in [0.5, 0.6) is 5.75 Å². The molecule has 3 aromatic rings. The van der Waals surface area contributed by atoms with Gasteiger partial charge in [0.05, 0.1) is 12.1 Å². The molecule has 2 aromatic carbocycles. The highest BCUT2D eigenvalue weighted by molar-refractivity contribution is 6.32. The molecule has 3 rings (SSSR count). The maximum atomic E-state index is 6.14. The summed E-state index contributed by atoms with van der Waals surface area (Å²) in [5, 5.41) is 7.69. The first-order valence-corrected chi connectivity index (χ1v) is 8.81. The Kier molecular flexibility index (Phi) is 6.15. The van der Waals surface area contributed by atoms with E-state index in [1.165, 1.54) is 5.56 Å². The molecule has 0 unspecified atom stereocenters. The quantitative estimate of drug-likeness (QED) is 0.582. The lowest BCUT2D eigenvalue weighted by Crippen LogP contribution is -2.07. The van der Waals surface area contributed by atoms with Gasteiger partial charge in [-0.15, -0.1) is 0 Å². The maximum absolute atomic E-state index is 6.14. The summed E-state index contributed by atoms with van der Waals surface area (Å²) in [6.07, 6.45) is 2.55. The van der Waals surface area contributed by atoms with E-state index in [1.807, 2.05) is 36.4 Å².